The van der Waals surface area contributed by atoms with Crippen molar-refractivity contribution in [2.75, 3.05) is 17.7 Å². The number of thioether (sulfide) groups is 1. The molecule has 0 spiro atoms. The highest BCUT2D eigenvalue weighted by Gasteiger charge is 2.25. The summed E-state index contributed by atoms with van der Waals surface area (Å²) < 4.78 is 12.6. The quantitative estimate of drug-likeness (QED) is 0.359. The first-order valence-corrected chi connectivity index (χ1v) is 12.5. The van der Waals surface area contributed by atoms with Gasteiger partial charge in [-0.3, -0.25) is 14.2 Å². The first-order valence-electron chi connectivity index (χ1n) is 10.7. The van der Waals surface area contributed by atoms with Crippen molar-refractivity contribution in [1.29, 1.82) is 0 Å². The van der Waals surface area contributed by atoms with Crippen LogP contribution in [0.3, 0.4) is 0 Å². The number of nitrogens with one attached hydrogen (secondary N) is 1. The van der Waals surface area contributed by atoms with E-state index in [4.69, 9.17) is 9.15 Å². The van der Waals surface area contributed by atoms with Crippen molar-refractivity contribution in [1.82, 2.24) is 19.7 Å². The number of hydrogen-bond donors (Lipinski definition) is 1. The fraction of sp³-hybridized carbons (Fsp3) is 0.476. The molecule has 0 unspecified atom stereocenters. The SMILES string of the molecule is CCOC(=O)Cc1csc(NC(=O)CSc2nnc(-c3ccco3)n2C2CCCCC2)n1. The Morgan fingerprint density at radius 2 is 2.16 bits per heavy atom. The second-order valence-corrected chi connectivity index (χ2v) is 9.21. The molecule has 0 saturated heterocycles. The summed E-state index contributed by atoms with van der Waals surface area (Å²) in [5, 5.41) is 14.4. The van der Waals surface area contributed by atoms with E-state index >= 15 is 0 Å². The van der Waals surface area contributed by atoms with Gasteiger partial charge in [-0.05, 0) is 31.9 Å². The number of anilines is 1. The molecule has 0 aliphatic heterocycles. The minimum absolute atomic E-state index is 0.0923. The van der Waals surface area contributed by atoms with Gasteiger partial charge in [-0.2, -0.15) is 0 Å². The lowest BCUT2D eigenvalue weighted by atomic mass is 9.95. The topological polar surface area (TPSA) is 112 Å². The normalized spacial score (nSPS) is 14.4. The van der Waals surface area contributed by atoms with Crippen molar-refractivity contribution in [2.45, 2.75) is 56.6 Å². The maximum atomic E-state index is 12.5. The Hall–Kier alpha value is -2.66. The summed E-state index contributed by atoms with van der Waals surface area (Å²) in [7, 11) is 0. The van der Waals surface area contributed by atoms with E-state index in [0.29, 0.717) is 40.2 Å². The molecule has 1 saturated carbocycles. The van der Waals surface area contributed by atoms with Crippen LogP contribution in [0.5, 0.6) is 0 Å². The largest absolute Gasteiger partial charge is 0.466 e. The molecule has 0 bridgehead atoms. The van der Waals surface area contributed by atoms with E-state index < -0.39 is 0 Å². The first kappa shape index (κ1) is 22.5. The third-order valence-corrected chi connectivity index (χ3v) is 6.86. The molecule has 0 aromatic carbocycles. The van der Waals surface area contributed by atoms with Gasteiger partial charge in [0, 0.05) is 11.4 Å². The summed E-state index contributed by atoms with van der Waals surface area (Å²) in [6.07, 6.45) is 7.43. The smallest absolute Gasteiger partial charge is 0.311 e. The molecule has 1 N–H and O–H groups in total. The Bertz CT molecular complexity index is 1040. The number of carbonyl (C=O) groups excluding carboxylic acids is 2. The molecular weight excluding hydrogens is 450 g/mol. The molecule has 1 aliphatic rings. The Kier molecular flexibility index (Phi) is 7.59. The summed E-state index contributed by atoms with van der Waals surface area (Å²) in [6.45, 7) is 2.09. The summed E-state index contributed by atoms with van der Waals surface area (Å²) in [4.78, 5) is 28.4. The van der Waals surface area contributed by atoms with Crippen LogP contribution in [-0.2, 0) is 20.7 Å². The average molecular weight is 476 g/mol. The monoisotopic (exact) mass is 475 g/mol. The first-order chi connectivity index (χ1) is 15.6. The molecule has 3 heterocycles. The predicted molar refractivity (Wildman–Crippen MR) is 122 cm³/mol. The highest BCUT2D eigenvalue weighted by Crippen LogP contribution is 2.35. The predicted octanol–water partition coefficient (Wildman–Crippen LogP) is 4.34. The van der Waals surface area contributed by atoms with Crippen LogP contribution in [0.15, 0.2) is 33.3 Å². The number of furan rings is 1. The van der Waals surface area contributed by atoms with E-state index in [9.17, 15) is 9.59 Å². The van der Waals surface area contributed by atoms with Crippen molar-refractivity contribution in [3.05, 3.63) is 29.5 Å². The number of ether oxygens (including phenoxy) is 1. The van der Waals surface area contributed by atoms with Crippen LogP contribution in [-0.4, -0.2) is 44.0 Å². The van der Waals surface area contributed by atoms with Crippen LogP contribution in [0.25, 0.3) is 11.6 Å². The van der Waals surface area contributed by atoms with Crippen LogP contribution >= 0.6 is 23.1 Å². The zero-order chi connectivity index (χ0) is 22.3. The lowest BCUT2D eigenvalue weighted by Crippen LogP contribution is -2.17. The lowest BCUT2D eigenvalue weighted by molar-refractivity contribution is -0.142. The van der Waals surface area contributed by atoms with E-state index in [2.05, 4.69) is 25.1 Å². The maximum Gasteiger partial charge on any atom is 0.311 e. The van der Waals surface area contributed by atoms with Crippen molar-refractivity contribution in [3.63, 3.8) is 0 Å². The Labute approximate surface area is 194 Å². The lowest BCUT2D eigenvalue weighted by Gasteiger charge is -2.25. The Morgan fingerprint density at radius 1 is 1.31 bits per heavy atom. The molecule has 3 aromatic rings. The van der Waals surface area contributed by atoms with Gasteiger partial charge < -0.3 is 14.5 Å². The van der Waals surface area contributed by atoms with Gasteiger partial charge in [-0.15, -0.1) is 21.5 Å². The Balaban J connectivity index is 1.40. The van der Waals surface area contributed by atoms with E-state index in [0.717, 1.165) is 12.8 Å². The molecule has 1 fully saturated rings. The number of carbonyl (C=O) groups is 2. The van der Waals surface area contributed by atoms with Gasteiger partial charge in [0.1, 0.15) is 0 Å². The van der Waals surface area contributed by atoms with Crippen molar-refractivity contribution in [3.8, 4) is 11.6 Å². The van der Waals surface area contributed by atoms with Gasteiger partial charge >= 0.3 is 5.97 Å². The third kappa shape index (κ3) is 5.57. The highest BCUT2D eigenvalue weighted by atomic mass is 32.2. The summed E-state index contributed by atoms with van der Waals surface area (Å²) in [5.74, 6) is 1.03. The number of nitrogens with zero attached hydrogens (tertiary/aromatic N) is 4. The summed E-state index contributed by atoms with van der Waals surface area (Å²) in [6, 6.07) is 4.01. The van der Waals surface area contributed by atoms with Crippen LogP contribution < -0.4 is 5.32 Å². The fourth-order valence-corrected chi connectivity index (χ4v) is 5.24. The molecule has 9 nitrogen and oxygen atoms in total. The second-order valence-electron chi connectivity index (χ2n) is 7.41. The fourth-order valence-electron chi connectivity index (χ4n) is 3.71. The minimum Gasteiger partial charge on any atom is -0.466 e. The van der Waals surface area contributed by atoms with Crippen LogP contribution in [0.4, 0.5) is 5.13 Å². The molecule has 11 heteroatoms. The second kappa shape index (κ2) is 10.8. The van der Waals surface area contributed by atoms with Gasteiger partial charge in [-0.1, -0.05) is 31.0 Å². The minimum atomic E-state index is -0.333. The standard InChI is InChI=1S/C21H25N5O4S2/c1-2-29-18(28)11-14-12-31-20(22-14)23-17(27)13-32-21-25-24-19(16-9-6-10-30-16)26(21)15-7-4-3-5-8-15/h6,9-10,12,15H,2-5,7-8,11,13H2,1H3,(H,22,23,27). The van der Waals surface area contributed by atoms with Crippen molar-refractivity contribution >= 4 is 40.1 Å². The van der Waals surface area contributed by atoms with E-state index in [-0.39, 0.29) is 24.1 Å². The van der Waals surface area contributed by atoms with Crippen LogP contribution in [0.1, 0.15) is 50.8 Å². The third-order valence-electron chi connectivity index (χ3n) is 5.11. The highest BCUT2D eigenvalue weighted by molar-refractivity contribution is 7.99. The number of amides is 1. The van der Waals surface area contributed by atoms with Crippen molar-refractivity contribution < 1.29 is 18.7 Å². The molecule has 170 valence electrons. The number of esters is 1. The zero-order valence-corrected chi connectivity index (χ0v) is 19.4. The zero-order valence-electron chi connectivity index (χ0n) is 17.8. The van der Waals surface area contributed by atoms with Crippen molar-refractivity contribution in [2.24, 2.45) is 0 Å². The summed E-state index contributed by atoms with van der Waals surface area (Å²) in [5.41, 5.74) is 0.580. The average Bonchev–Trinajstić information content (AvgIpc) is 3.54. The Morgan fingerprint density at radius 3 is 2.91 bits per heavy atom. The molecule has 0 atom stereocenters. The van der Waals surface area contributed by atoms with Crippen LogP contribution in [0.2, 0.25) is 0 Å². The van der Waals surface area contributed by atoms with Gasteiger partial charge in [0.15, 0.2) is 16.0 Å². The summed E-state index contributed by atoms with van der Waals surface area (Å²) >= 11 is 2.63. The van der Waals surface area contributed by atoms with E-state index in [1.165, 1.54) is 42.4 Å². The number of rotatable bonds is 9. The van der Waals surface area contributed by atoms with E-state index in [1.807, 2.05) is 12.1 Å². The number of aromatic nitrogens is 4. The molecule has 4 rings (SSSR count). The maximum absolute atomic E-state index is 12.5. The molecule has 32 heavy (non-hydrogen) atoms. The van der Waals surface area contributed by atoms with Crippen LogP contribution in [0, 0.1) is 0 Å². The van der Waals surface area contributed by atoms with Gasteiger partial charge in [-0.25, -0.2) is 4.98 Å². The van der Waals surface area contributed by atoms with E-state index in [1.54, 1.807) is 18.6 Å². The van der Waals surface area contributed by atoms with Gasteiger partial charge in [0.25, 0.3) is 0 Å². The van der Waals surface area contributed by atoms with Gasteiger partial charge in [0.05, 0.1) is 30.7 Å². The molecule has 1 amide bonds. The molecular formula is C21H25N5O4S2. The molecule has 3 aromatic heterocycles. The molecule has 1 aliphatic carbocycles. The number of thiazole rings is 1. The van der Waals surface area contributed by atoms with Gasteiger partial charge in [0.2, 0.25) is 11.7 Å². The number of hydrogen-bond acceptors (Lipinski definition) is 9. The molecule has 0 radical (unpaired) electrons.